The number of hydrogen-bond acceptors (Lipinski definition) is 3. The Morgan fingerprint density at radius 3 is 2.33 bits per heavy atom. The maximum Gasteiger partial charge on any atom is 0.416 e. The van der Waals surface area contributed by atoms with Gasteiger partial charge in [-0.1, -0.05) is 41.1 Å². The lowest BCUT2D eigenvalue weighted by molar-refractivity contribution is -0.137. The van der Waals surface area contributed by atoms with Crippen molar-refractivity contribution >= 4 is 22.8 Å². The number of amidine groups is 1. The lowest BCUT2D eigenvalue weighted by atomic mass is 10.1. The van der Waals surface area contributed by atoms with Gasteiger partial charge >= 0.3 is 6.18 Å². The summed E-state index contributed by atoms with van der Waals surface area (Å²) < 4.78 is 37.9. The van der Waals surface area contributed by atoms with Gasteiger partial charge in [0.25, 0.3) is 5.91 Å². The van der Waals surface area contributed by atoms with Gasteiger partial charge in [0.2, 0.25) is 0 Å². The minimum absolute atomic E-state index is 0.0991. The highest BCUT2D eigenvalue weighted by atomic mass is 32.2. The van der Waals surface area contributed by atoms with Crippen molar-refractivity contribution in [1.29, 1.82) is 0 Å². The first-order chi connectivity index (χ1) is 12.7. The molecule has 0 N–H and O–H groups in total. The minimum Gasteiger partial charge on any atom is -0.286 e. The van der Waals surface area contributed by atoms with Crippen molar-refractivity contribution in [1.82, 2.24) is 4.90 Å². The predicted octanol–water partition coefficient (Wildman–Crippen LogP) is 5.07. The van der Waals surface area contributed by atoms with Crippen molar-refractivity contribution in [2.24, 2.45) is 4.99 Å². The highest BCUT2D eigenvalue weighted by Gasteiger charge is 2.30. The van der Waals surface area contributed by atoms with Crippen LogP contribution in [0, 0.1) is 13.8 Å². The first-order valence-corrected chi connectivity index (χ1v) is 9.46. The summed E-state index contributed by atoms with van der Waals surface area (Å²) in [4.78, 5) is 18.9. The summed E-state index contributed by atoms with van der Waals surface area (Å²) in [5, 5.41) is 0.610. The molecule has 0 saturated heterocycles. The van der Waals surface area contributed by atoms with Crippen LogP contribution in [0.3, 0.4) is 0 Å². The van der Waals surface area contributed by atoms with Gasteiger partial charge in [-0.3, -0.25) is 14.7 Å². The third kappa shape index (κ3) is 4.71. The van der Waals surface area contributed by atoms with Crippen LogP contribution < -0.4 is 0 Å². The first kappa shape index (κ1) is 19.5. The number of aliphatic imine (C=N–C) groups is 1. The quantitative estimate of drug-likeness (QED) is 0.731. The molecule has 0 aromatic heterocycles. The van der Waals surface area contributed by atoms with E-state index in [1.807, 2.05) is 32.0 Å². The van der Waals surface area contributed by atoms with Gasteiger partial charge in [-0.25, -0.2) is 0 Å². The Balaban J connectivity index is 1.67. The van der Waals surface area contributed by atoms with E-state index in [2.05, 4.69) is 4.99 Å². The fraction of sp³-hybridized carbons (Fsp3) is 0.300. The third-order valence-electron chi connectivity index (χ3n) is 4.16. The number of amides is 1. The van der Waals surface area contributed by atoms with Gasteiger partial charge in [0.1, 0.15) is 0 Å². The zero-order valence-electron chi connectivity index (χ0n) is 15.0. The summed E-state index contributed by atoms with van der Waals surface area (Å²) in [6, 6.07) is 10.8. The number of rotatable bonds is 3. The zero-order chi connectivity index (χ0) is 19.6. The summed E-state index contributed by atoms with van der Waals surface area (Å²) in [5.74, 6) is 0.353. The van der Waals surface area contributed by atoms with Gasteiger partial charge in [0, 0.05) is 17.9 Å². The standard InChI is InChI=1S/C20H19F3N2OS/c1-13-9-14(2)11-16(10-13)18(26)25-8-7-24-19(25)27-12-15-3-5-17(6-4-15)20(21,22)23/h3-6,9-11H,7-8,12H2,1-2H3. The van der Waals surface area contributed by atoms with E-state index in [0.717, 1.165) is 28.8 Å². The predicted molar refractivity (Wildman–Crippen MR) is 102 cm³/mol. The molecule has 2 aromatic rings. The molecule has 0 bridgehead atoms. The first-order valence-electron chi connectivity index (χ1n) is 8.47. The molecule has 3 rings (SSSR count). The van der Waals surface area contributed by atoms with Crippen LogP contribution in [0.25, 0.3) is 0 Å². The lowest BCUT2D eigenvalue weighted by Crippen LogP contribution is -2.33. The second-order valence-electron chi connectivity index (χ2n) is 6.48. The molecule has 3 nitrogen and oxygen atoms in total. The molecule has 0 spiro atoms. The molecule has 0 saturated carbocycles. The van der Waals surface area contributed by atoms with Crippen LogP contribution in [0.4, 0.5) is 13.2 Å². The Hall–Kier alpha value is -2.28. The van der Waals surface area contributed by atoms with Gasteiger partial charge < -0.3 is 0 Å². The zero-order valence-corrected chi connectivity index (χ0v) is 15.8. The second kappa shape index (κ2) is 7.76. The van der Waals surface area contributed by atoms with E-state index in [1.165, 1.54) is 23.9 Å². The van der Waals surface area contributed by atoms with E-state index >= 15 is 0 Å². The van der Waals surface area contributed by atoms with Gasteiger partial charge in [0.15, 0.2) is 5.17 Å². The maximum atomic E-state index is 12.8. The molecule has 1 aliphatic rings. The van der Waals surface area contributed by atoms with Crippen molar-refractivity contribution in [2.75, 3.05) is 13.1 Å². The molecule has 7 heteroatoms. The Morgan fingerprint density at radius 1 is 1.11 bits per heavy atom. The van der Waals surface area contributed by atoms with Crippen molar-refractivity contribution in [3.63, 3.8) is 0 Å². The van der Waals surface area contributed by atoms with Crippen LogP contribution in [0.2, 0.25) is 0 Å². The number of nitrogens with zero attached hydrogens (tertiary/aromatic N) is 2. The van der Waals surface area contributed by atoms with Crippen molar-refractivity contribution in [2.45, 2.75) is 25.8 Å². The van der Waals surface area contributed by atoms with E-state index in [0.29, 0.717) is 29.6 Å². The van der Waals surface area contributed by atoms with Crippen molar-refractivity contribution in [3.8, 4) is 0 Å². The fourth-order valence-electron chi connectivity index (χ4n) is 2.93. The number of benzene rings is 2. The lowest BCUT2D eigenvalue weighted by Gasteiger charge is -2.18. The van der Waals surface area contributed by atoms with Crippen LogP contribution >= 0.6 is 11.8 Å². The molecule has 1 amide bonds. The van der Waals surface area contributed by atoms with Crippen LogP contribution in [0.5, 0.6) is 0 Å². The Labute approximate surface area is 160 Å². The Morgan fingerprint density at radius 2 is 1.74 bits per heavy atom. The summed E-state index contributed by atoms with van der Waals surface area (Å²) >= 11 is 1.36. The van der Waals surface area contributed by atoms with E-state index < -0.39 is 11.7 Å². The fourth-order valence-corrected chi connectivity index (χ4v) is 3.93. The highest BCUT2D eigenvalue weighted by Crippen LogP contribution is 2.30. The maximum absolute atomic E-state index is 12.8. The number of carbonyl (C=O) groups is 1. The summed E-state index contributed by atoms with van der Waals surface area (Å²) in [6.07, 6.45) is -4.34. The SMILES string of the molecule is Cc1cc(C)cc(C(=O)N2CCN=C2SCc2ccc(C(F)(F)F)cc2)c1. The van der Waals surface area contributed by atoms with Gasteiger partial charge in [0.05, 0.1) is 12.1 Å². The Bertz CT molecular complexity index is 856. The number of thioether (sulfide) groups is 1. The molecule has 0 atom stereocenters. The highest BCUT2D eigenvalue weighted by molar-refractivity contribution is 8.13. The summed E-state index contributed by atoms with van der Waals surface area (Å²) in [6.45, 7) is 4.94. The molecule has 142 valence electrons. The van der Waals surface area contributed by atoms with E-state index in [9.17, 15) is 18.0 Å². The molecule has 1 aliphatic heterocycles. The second-order valence-corrected chi connectivity index (χ2v) is 7.42. The largest absolute Gasteiger partial charge is 0.416 e. The summed E-state index contributed by atoms with van der Waals surface area (Å²) in [7, 11) is 0. The number of aryl methyl sites for hydroxylation is 2. The van der Waals surface area contributed by atoms with Crippen LogP contribution in [-0.4, -0.2) is 29.1 Å². The molecular weight excluding hydrogens is 373 g/mol. The number of carbonyl (C=O) groups excluding carboxylic acids is 1. The average molecular weight is 392 g/mol. The molecule has 0 unspecified atom stereocenters. The topological polar surface area (TPSA) is 32.7 Å². The third-order valence-corrected chi connectivity index (χ3v) is 5.25. The minimum atomic E-state index is -4.34. The molecule has 2 aromatic carbocycles. The van der Waals surface area contributed by atoms with Crippen molar-refractivity contribution in [3.05, 3.63) is 70.3 Å². The molecule has 27 heavy (non-hydrogen) atoms. The monoisotopic (exact) mass is 392 g/mol. The van der Waals surface area contributed by atoms with E-state index in [1.54, 1.807) is 4.90 Å². The van der Waals surface area contributed by atoms with Gasteiger partial charge in [-0.2, -0.15) is 13.2 Å². The molecule has 0 aliphatic carbocycles. The normalized spacial score (nSPS) is 14.4. The number of hydrogen-bond donors (Lipinski definition) is 0. The smallest absolute Gasteiger partial charge is 0.286 e. The molecule has 0 radical (unpaired) electrons. The molecule has 1 heterocycles. The molecule has 0 fully saturated rings. The number of halogens is 3. The van der Waals surface area contributed by atoms with Crippen LogP contribution in [-0.2, 0) is 11.9 Å². The van der Waals surface area contributed by atoms with E-state index in [-0.39, 0.29) is 5.91 Å². The van der Waals surface area contributed by atoms with Crippen LogP contribution in [0.1, 0.15) is 32.6 Å². The van der Waals surface area contributed by atoms with E-state index in [4.69, 9.17) is 0 Å². The molecular formula is C20H19F3N2OS. The average Bonchev–Trinajstić information content (AvgIpc) is 3.06. The van der Waals surface area contributed by atoms with Crippen LogP contribution in [0.15, 0.2) is 47.5 Å². The van der Waals surface area contributed by atoms with Gasteiger partial charge in [-0.05, 0) is 43.7 Å². The summed E-state index contributed by atoms with van der Waals surface area (Å²) in [5.41, 5.74) is 2.75. The van der Waals surface area contributed by atoms with Crippen molar-refractivity contribution < 1.29 is 18.0 Å². The van der Waals surface area contributed by atoms with Gasteiger partial charge in [-0.15, -0.1) is 0 Å². The Kier molecular flexibility index (Phi) is 5.60. The number of alkyl halides is 3.